The summed E-state index contributed by atoms with van der Waals surface area (Å²) in [6.45, 7) is 15.4. The number of fused-ring (bicyclic) bond motifs is 2. The maximum absolute atomic E-state index is 11.0. The van der Waals surface area contributed by atoms with Crippen LogP contribution in [0.25, 0.3) is 27.9 Å². The van der Waals surface area contributed by atoms with Crippen LogP contribution in [0.2, 0.25) is 0 Å². The fraction of sp³-hybridized carbons (Fsp3) is 0.200. The van der Waals surface area contributed by atoms with E-state index in [1.54, 1.807) is 36.3 Å². The molecule has 206 valence electrons. The quantitative estimate of drug-likeness (QED) is 0.237. The second-order valence-electron chi connectivity index (χ2n) is 9.83. The highest BCUT2D eigenvalue weighted by atomic mass is 79.9. The van der Waals surface area contributed by atoms with Crippen LogP contribution in [0.4, 0.5) is 0 Å². The van der Waals surface area contributed by atoms with Crippen molar-refractivity contribution >= 4 is 62.9 Å². The highest BCUT2D eigenvalue weighted by Crippen LogP contribution is 2.36. The molecule has 2 aromatic heterocycles. The molecule has 0 saturated carbocycles. The lowest BCUT2D eigenvalue weighted by Crippen LogP contribution is -2.41. The summed E-state index contributed by atoms with van der Waals surface area (Å²) in [6.07, 6.45) is 4.68. The Hall–Kier alpha value is -3.86. The maximum Gasteiger partial charge on any atom is 0.486 e. The number of nitrogens with zero attached hydrogens (tertiary/aromatic N) is 2. The van der Waals surface area contributed by atoms with E-state index in [0.717, 1.165) is 10.0 Å². The van der Waals surface area contributed by atoms with Gasteiger partial charge in [-0.2, -0.15) is 0 Å². The van der Waals surface area contributed by atoms with E-state index in [0.29, 0.717) is 21.8 Å². The van der Waals surface area contributed by atoms with E-state index in [1.807, 2.05) is 39.8 Å². The minimum Gasteiger partial charge on any atom is -0.478 e. The van der Waals surface area contributed by atoms with E-state index in [9.17, 15) is 9.59 Å². The summed E-state index contributed by atoms with van der Waals surface area (Å²) in [4.78, 5) is 30.0. The smallest absolute Gasteiger partial charge is 0.478 e. The average Bonchev–Trinajstić information content (AvgIpc) is 3.13. The average molecular weight is 605 g/mol. The van der Waals surface area contributed by atoms with Gasteiger partial charge in [0.15, 0.2) is 0 Å². The molecule has 0 bridgehead atoms. The SMILES string of the molecule is C=CB1OC(C)(C)C(C)(C)O1.C=Cc1ccc2nccc(C(=O)O)c2c1.O=C(O)c1ccnc2ccc(Br)cc12. The summed E-state index contributed by atoms with van der Waals surface area (Å²) in [5.74, 6) is -0.199. The van der Waals surface area contributed by atoms with Crippen molar-refractivity contribution in [2.24, 2.45) is 0 Å². The van der Waals surface area contributed by atoms with Gasteiger partial charge in [0, 0.05) is 27.6 Å². The predicted molar refractivity (Wildman–Crippen MR) is 161 cm³/mol. The van der Waals surface area contributed by atoms with Crippen LogP contribution >= 0.6 is 15.9 Å². The van der Waals surface area contributed by atoms with Crippen LogP contribution in [0.3, 0.4) is 0 Å². The molecule has 0 unspecified atom stereocenters. The second kappa shape index (κ2) is 12.5. The molecule has 0 spiro atoms. The van der Waals surface area contributed by atoms with Gasteiger partial charge in [0.2, 0.25) is 0 Å². The Morgan fingerprint density at radius 2 is 1.30 bits per heavy atom. The predicted octanol–water partition coefficient (Wildman–Crippen LogP) is 7.08. The van der Waals surface area contributed by atoms with Gasteiger partial charge in [-0.05, 0) is 75.7 Å². The maximum atomic E-state index is 11.0. The largest absolute Gasteiger partial charge is 0.486 e. The molecule has 1 fully saturated rings. The third kappa shape index (κ3) is 7.01. The molecule has 0 atom stereocenters. The molecule has 40 heavy (non-hydrogen) atoms. The van der Waals surface area contributed by atoms with Gasteiger partial charge in [-0.25, -0.2) is 9.59 Å². The van der Waals surface area contributed by atoms with Crippen LogP contribution in [0, 0.1) is 0 Å². The van der Waals surface area contributed by atoms with Crippen LogP contribution in [-0.4, -0.2) is 50.4 Å². The molecule has 8 nitrogen and oxygen atoms in total. The van der Waals surface area contributed by atoms with Crippen molar-refractivity contribution in [1.82, 2.24) is 9.97 Å². The Bertz CT molecular complexity index is 1570. The number of benzene rings is 2. The minimum atomic E-state index is -0.941. The molecule has 0 radical (unpaired) electrons. The molecule has 2 N–H and O–H groups in total. The Balaban J connectivity index is 0.000000168. The first kappa shape index (κ1) is 30.7. The highest BCUT2D eigenvalue weighted by molar-refractivity contribution is 9.10. The van der Waals surface area contributed by atoms with Gasteiger partial charge < -0.3 is 19.5 Å². The third-order valence-corrected chi connectivity index (χ3v) is 7.12. The molecule has 3 heterocycles. The summed E-state index contributed by atoms with van der Waals surface area (Å²) >= 11 is 3.29. The molecule has 0 amide bonds. The van der Waals surface area contributed by atoms with Crippen LogP contribution in [0.15, 0.2) is 84.5 Å². The van der Waals surface area contributed by atoms with Gasteiger partial charge in [-0.3, -0.25) is 9.97 Å². The fourth-order valence-corrected chi connectivity index (χ4v) is 4.13. The highest BCUT2D eigenvalue weighted by Gasteiger charge is 2.49. The minimum absolute atomic E-state index is 0.230. The van der Waals surface area contributed by atoms with E-state index in [-0.39, 0.29) is 29.4 Å². The monoisotopic (exact) mass is 604 g/mol. The number of halogens is 1. The summed E-state index contributed by atoms with van der Waals surface area (Å²) < 4.78 is 12.0. The molecule has 1 aliphatic heterocycles. The first-order valence-corrected chi connectivity index (χ1v) is 13.1. The Kier molecular flexibility index (Phi) is 9.62. The van der Waals surface area contributed by atoms with E-state index in [2.05, 4.69) is 39.1 Å². The molecule has 2 aromatic carbocycles. The van der Waals surface area contributed by atoms with Crippen LogP contribution < -0.4 is 0 Å². The molecular weight excluding hydrogens is 575 g/mol. The van der Waals surface area contributed by atoms with Gasteiger partial charge >= 0.3 is 19.1 Å². The Morgan fingerprint density at radius 1 is 0.825 bits per heavy atom. The first-order valence-electron chi connectivity index (χ1n) is 12.3. The van der Waals surface area contributed by atoms with Crippen molar-refractivity contribution in [3.8, 4) is 0 Å². The normalized spacial score (nSPS) is 14.9. The van der Waals surface area contributed by atoms with Crippen molar-refractivity contribution in [2.75, 3.05) is 0 Å². The second-order valence-corrected chi connectivity index (χ2v) is 10.7. The van der Waals surface area contributed by atoms with E-state index in [4.69, 9.17) is 19.5 Å². The van der Waals surface area contributed by atoms with Gasteiger partial charge in [-0.15, -0.1) is 6.58 Å². The number of rotatable bonds is 4. The number of aromatic nitrogens is 2. The number of carboxylic acids is 2. The molecule has 1 saturated heterocycles. The summed E-state index contributed by atoms with van der Waals surface area (Å²) in [5.41, 5.74) is 2.34. The van der Waals surface area contributed by atoms with Crippen LogP contribution in [0.5, 0.6) is 0 Å². The molecular formula is C30H30BBrN2O6. The number of aromatic carboxylic acids is 2. The van der Waals surface area contributed by atoms with Gasteiger partial charge in [-0.1, -0.05) is 40.6 Å². The third-order valence-electron chi connectivity index (χ3n) is 6.63. The number of carbonyl (C=O) groups is 2. The standard InChI is InChI=1S/C12H9NO2.C10H6BrNO2.C8H15BO2/c1-2-8-3-4-11-10(7-8)9(12(14)15)5-6-13-11;11-6-1-2-9-8(5-6)7(10(13)14)3-4-12-9;1-6-9-10-7(2,3)8(4,5)11-9/h2-7H,1H2,(H,14,15);1-5H,(H,13,14);6H,1H2,2-5H3. The Morgan fingerprint density at radius 3 is 1.73 bits per heavy atom. The molecule has 1 aliphatic rings. The van der Waals surface area contributed by atoms with Crippen molar-refractivity contribution < 1.29 is 29.1 Å². The van der Waals surface area contributed by atoms with Crippen molar-refractivity contribution in [3.05, 3.63) is 101 Å². The summed E-state index contributed by atoms with van der Waals surface area (Å²) in [5, 5.41) is 19.2. The van der Waals surface area contributed by atoms with Gasteiger partial charge in [0.25, 0.3) is 0 Å². The zero-order chi connectivity index (χ0) is 29.7. The molecule has 5 rings (SSSR count). The lowest BCUT2D eigenvalue weighted by Gasteiger charge is -2.32. The van der Waals surface area contributed by atoms with Crippen molar-refractivity contribution in [1.29, 1.82) is 0 Å². The van der Waals surface area contributed by atoms with Gasteiger partial charge in [0.05, 0.1) is 33.4 Å². The zero-order valence-electron chi connectivity index (χ0n) is 22.7. The Labute approximate surface area is 241 Å². The zero-order valence-corrected chi connectivity index (χ0v) is 24.3. The van der Waals surface area contributed by atoms with Crippen LogP contribution in [0.1, 0.15) is 54.0 Å². The number of carboxylic acid groups (broad SMARTS) is 2. The first-order chi connectivity index (χ1) is 18.8. The number of hydrogen-bond acceptors (Lipinski definition) is 6. The van der Waals surface area contributed by atoms with E-state index >= 15 is 0 Å². The number of hydrogen-bond donors (Lipinski definition) is 2. The van der Waals surface area contributed by atoms with Crippen molar-refractivity contribution in [2.45, 2.75) is 38.9 Å². The van der Waals surface area contributed by atoms with E-state index < -0.39 is 11.9 Å². The lowest BCUT2D eigenvalue weighted by molar-refractivity contribution is 0.00578. The van der Waals surface area contributed by atoms with Crippen LogP contribution in [-0.2, 0) is 9.31 Å². The fourth-order valence-electron chi connectivity index (χ4n) is 3.77. The molecule has 10 heteroatoms. The number of pyridine rings is 2. The summed E-state index contributed by atoms with van der Waals surface area (Å²) in [7, 11) is -0.250. The molecule has 0 aliphatic carbocycles. The molecule has 4 aromatic rings. The van der Waals surface area contributed by atoms with E-state index in [1.165, 1.54) is 24.5 Å². The van der Waals surface area contributed by atoms with Gasteiger partial charge in [0.1, 0.15) is 0 Å². The van der Waals surface area contributed by atoms with Crippen molar-refractivity contribution in [3.63, 3.8) is 0 Å². The topological polar surface area (TPSA) is 119 Å². The lowest BCUT2D eigenvalue weighted by atomic mass is 9.90. The summed E-state index contributed by atoms with van der Waals surface area (Å²) in [6, 6.07) is 13.8.